The first-order chi connectivity index (χ1) is 12.0. The molecule has 0 atom stereocenters. The molecule has 0 spiro atoms. The van der Waals surface area contributed by atoms with Crippen LogP contribution in [-0.4, -0.2) is 20.6 Å². The first-order valence-electron chi connectivity index (χ1n) is 8.00. The number of amides is 1. The van der Waals surface area contributed by atoms with Crippen molar-refractivity contribution in [3.05, 3.63) is 65.3 Å². The standard InChI is InChI=1S/C18H19FN4O2/c1-12-15(13(2)25-22-12)4-6-18(24)21-10-14-3-5-17(16(19)9-14)23-8-7-20-11-23/h3,5,7-9,11H,4,6,10H2,1-2H3,(H,21,24). The minimum absolute atomic E-state index is 0.0981. The number of nitrogens with one attached hydrogen (secondary N) is 1. The van der Waals surface area contributed by atoms with Gasteiger partial charge in [-0.05, 0) is 38.0 Å². The average molecular weight is 342 g/mol. The predicted molar refractivity (Wildman–Crippen MR) is 89.7 cm³/mol. The molecule has 0 fully saturated rings. The highest BCUT2D eigenvalue weighted by molar-refractivity contribution is 5.76. The van der Waals surface area contributed by atoms with Crippen LogP contribution in [0.2, 0.25) is 0 Å². The highest BCUT2D eigenvalue weighted by Crippen LogP contribution is 2.16. The van der Waals surface area contributed by atoms with E-state index in [1.165, 1.54) is 12.4 Å². The zero-order valence-electron chi connectivity index (χ0n) is 14.1. The van der Waals surface area contributed by atoms with Crippen molar-refractivity contribution in [1.29, 1.82) is 0 Å². The lowest BCUT2D eigenvalue weighted by Gasteiger charge is -2.08. The van der Waals surface area contributed by atoms with E-state index >= 15 is 0 Å². The predicted octanol–water partition coefficient (Wildman–Crippen LogP) is 2.87. The van der Waals surface area contributed by atoms with E-state index in [-0.39, 0.29) is 18.3 Å². The Morgan fingerprint density at radius 1 is 1.36 bits per heavy atom. The molecule has 0 radical (unpaired) electrons. The van der Waals surface area contributed by atoms with Gasteiger partial charge in [-0.3, -0.25) is 4.79 Å². The van der Waals surface area contributed by atoms with Crippen LogP contribution in [0, 0.1) is 19.7 Å². The summed E-state index contributed by atoms with van der Waals surface area (Å²) in [5.74, 6) is 0.280. The summed E-state index contributed by atoms with van der Waals surface area (Å²) in [4.78, 5) is 15.9. The lowest BCUT2D eigenvalue weighted by molar-refractivity contribution is -0.121. The molecule has 1 aromatic carbocycles. The third-order valence-corrected chi connectivity index (χ3v) is 4.07. The van der Waals surface area contributed by atoms with Crippen molar-refractivity contribution in [2.24, 2.45) is 0 Å². The third kappa shape index (κ3) is 3.93. The second-order valence-corrected chi connectivity index (χ2v) is 5.84. The molecular formula is C18H19FN4O2. The summed E-state index contributed by atoms with van der Waals surface area (Å²) in [6.07, 6.45) is 5.70. The summed E-state index contributed by atoms with van der Waals surface area (Å²) in [6.45, 7) is 3.97. The van der Waals surface area contributed by atoms with E-state index in [1.807, 2.05) is 13.8 Å². The summed E-state index contributed by atoms with van der Waals surface area (Å²) in [6, 6.07) is 4.87. The number of imidazole rings is 1. The van der Waals surface area contributed by atoms with Gasteiger partial charge in [-0.15, -0.1) is 0 Å². The Balaban J connectivity index is 1.55. The van der Waals surface area contributed by atoms with Crippen LogP contribution in [0.15, 0.2) is 41.4 Å². The van der Waals surface area contributed by atoms with Crippen LogP contribution in [0.4, 0.5) is 4.39 Å². The number of carbonyl (C=O) groups excluding carboxylic acids is 1. The van der Waals surface area contributed by atoms with E-state index in [4.69, 9.17) is 4.52 Å². The van der Waals surface area contributed by atoms with E-state index in [2.05, 4.69) is 15.5 Å². The fourth-order valence-electron chi connectivity index (χ4n) is 2.66. The SMILES string of the molecule is Cc1noc(C)c1CCC(=O)NCc1ccc(-n2ccnc2)c(F)c1. The molecule has 7 heteroatoms. The van der Waals surface area contributed by atoms with E-state index in [9.17, 15) is 9.18 Å². The third-order valence-electron chi connectivity index (χ3n) is 4.07. The van der Waals surface area contributed by atoms with Crippen molar-refractivity contribution in [1.82, 2.24) is 20.0 Å². The Morgan fingerprint density at radius 3 is 2.84 bits per heavy atom. The van der Waals surface area contributed by atoms with Crippen molar-refractivity contribution in [2.75, 3.05) is 0 Å². The van der Waals surface area contributed by atoms with Crippen LogP contribution in [0.5, 0.6) is 0 Å². The molecule has 3 rings (SSSR count). The number of carbonyl (C=O) groups is 1. The molecular weight excluding hydrogens is 323 g/mol. The maximum Gasteiger partial charge on any atom is 0.220 e. The van der Waals surface area contributed by atoms with Crippen LogP contribution in [0.25, 0.3) is 5.69 Å². The second kappa shape index (κ2) is 7.29. The van der Waals surface area contributed by atoms with Crippen LogP contribution in [-0.2, 0) is 17.8 Å². The fraction of sp³-hybridized carbons (Fsp3) is 0.278. The normalized spacial score (nSPS) is 10.8. The highest BCUT2D eigenvalue weighted by atomic mass is 19.1. The summed E-state index contributed by atoms with van der Waals surface area (Å²) in [5, 5.41) is 6.68. The molecule has 6 nitrogen and oxygen atoms in total. The molecule has 3 aromatic rings. The summed E-state index contributed by atoms with van der Waals surface area (Å²) in [5.41, 5.74) is 2.89. The molecule has 2 aromatic heterocycles. The Bertz CT molecular complexity index is 852. The molecule has 130 valence electrons. The first-order valence-corrected chi connectivity index (χ1v) is 8.00. The highest BCUT2D eigenvalue weighted by Gasteiger charge is 2.11. The Hall–Kier alpha value is -2.96. The van der Waals surface area contributed by atoms with Gasteiger partial charge in [0.1, 0.15) is 11.6 Å². The molecule has 0 aliphatic carbocycles. The van der Waals surface area contributed by atoms with Gasteiger partial charge in [-0.1, -0.05) is 11.2 Å². The summed E-state index contributed by atoms with van der Waals surface area (Å²) in [7, 11) is 0. The number of benzene rings is 1. The maximum atomic E-state index is 14.2. The number of halogens is 1. The Morgan fingerprint density at radius 2 is 2.20 bits per heavy atom. The number of aromatic nitrogens is 3. The zero-order valence-corrected chi connectivity index (χ0v) is 14.1. The van der Waals surface area contributed by atoms with Crippen LogP contribution < -0.4 is 5.32 Å². The Labute approximate surface area is 144 Å². The van der Waals surface area contributed by atoms with Crippen LogP contribution >= 0.6 is 0 Å². The van der Waals surface area contributed by atoms with Gasteiger partial charge in [0.2, 0.25) is 5.91 Å². The molecule has 1 amide bonds. The largest absolute Gasteiger partial charge is 0.361 e. The van der Waals surface area contributed by atoms with Crippen LogP contribution in [0.3, 0.4) is 0 Å². The number of aryl methyl sites for hydroxylation is 2. The van der Waals surface area contributed by atoms with E-state index in [0.29, 0.717) is 24.1 Å². The number of rotatable bonds is 6. The average Bonchev–Trinajstić information content (AvgIpc) is 3.22. The zero-order chi connectivity index (χ0) is 17.8. The molecule has 1 N–H and O–H groups in total. The summed E-state index contributed by atoms with van der Waals surface area (Å²) >= 11 is 0. The van der Waals surface area contributed by atoms with Crippen molar-refractivity contribution in [3.8, 4) is 5.69 Å². The molecule has 0 unspecified atom stereocenters. The number of hydrogen-bond acceptors (Lipinski definition) is 4. The summed E-state index contributed by atoms with van der Waals surface area (Å²) < 4.78 is 20.9. The second-order valence-electron chi connectivity index (χ2n) is 5.84. The smallest absolute Gasteiger partial charge is 0.220 e. The molecule has 25 heavy (non-hydrogen) atoms. The van der Waals surface area contributed by atoms with E-state index in [1.54, 1.807) is 29.1 Å². The molecule has 0 aliphatic rings. The van der Waals surface area contributed by atoms with Gasteiger partial charge >= 0.3 is 0 Å². The van der Waals surface area contributed by atoms with Crippen molar-refractivity contribution in [2.45, 2.75) is 33.2 Å². The van der Waals surface area contributed by atoms with Gasteiger partial charge in [-0.25, -0.2) is 9.37 Å². The lowest BCUT2D eigenvalue weighted by atomic mass is 10.1. The van der Waals surface area contributed by atoms with Crippen molar-refractivity contribution >= 4 is 5.91 Å². The monoisotopic (exact) mass is 342 g/mol. The van der Waals surface area contributed by atoms with Gasteiger partial charge in [0.15, 0.2) is 0 Å². The quantitative estimate of drug-likeness (QED) is 0.748. The van der Waals surface area contributed by atoms with Gasteiger partial charge in [0.05, 0.1) is 17.7 Å². The van der Waals surface area contributed by atoms with E-state index in [0.717, 1.165) is 17.0 Å². The van der Waals surface area contributed by atoms with Gasteiger partial charge in [0.25, 0.3) is 0 Å². The lowest BCUT2D eigenvalue weighted by Crippen LogP contribution is -2.23. The minimum atomic E-state index is -0.361. The molecule has 0 bridgehead atoms. The first kappa shape index (κ1) is 16.9. The number of hydrogen-bond donors (Lipinski definition) is 1. The maximum absolute atomic E-state index is 14.2. The van der Waals surface area contributed by atoms with Gasteiger partial charge in [0, 0.05) is 30.9 Å². The molecule has 0 saturated carbocycles. The van der Waals surface area contributed by atoms with Crippen molar-refractivity contribution < 1.29 is 13.7 Å². The van der Waals surface area contributed by atoms with E-state index < -0.39 is 0 Å². The number of nitrogens with zero attached hydrogens (tertiary/aromatic N) is 3. The Kier molecular flexibility index (Phi) is 4.92. The van der Waals surface area contributed by atoms with Gasteiger partial charge < -0.3 is 14.4 Å². The van der Waals surface area contributed by atoms with Gasteiger partial charge in [-0.2, -0.15) is 0 Å². The molecule has 2 heterocycles. The molecule has 0 saturated heterocycles. The topological polar surface area (TPSA) is 73.0 Å². The van der Waals surface area contributed by atoms with Crippen LogP contribution in [0.1, 0.15) is 29.0 Å². The minimum Gasteiger partial charge on any atom is -0.361 e. The van der Waals surface area contributed by atoms with Crippen molar-refractivity contribution in [3.63, 3.8) is 0 Å². The molecule has 0 aliphatic heterocycles. The fourth-order valence-corrected chi connectivity index (χ4v) is 2.66.